The molecule has 5 heteroatoms. The average molecular weight is 217 g/mol. The standard InChI is InChI=1S/C10H10F3NO/c1-15-9-4-2-8(3-5-9)6-14-7-10(11,12)13/h2-5,7H,6H2,1H3/b14-7+. The van der Waals surface area contributed by atoms with E-state index < -0.39 is 6.18 Å². The predicted octanol–water partition coefficient (Wildman–Crippen LogP) is 2.83. The van der Waals surface area contributed by atoms with Gasteiger partial charge in [0, 0.05) is 0 Å². The zero-order valence-electron chi connectivity index (χ0n) is 8.08. The van der Waals surface area contributed by atoms with Crippen molar-refractivity contribution in [3.63, 3.8) is 0 Å². The smallest absolute Gasteiger partial charge is 0.426 e. The zero-order chi connectivity index (χ0) is 11.3. The second kappa shape index (κ2) is 4.82. The molecule has 0 fully saturated rings. The predicted molar refractivity (Wildman–Crippen MR) is 51.2 cm³/mol. The fourth-order valence-corrected chi connectivity index (χ4v) is 0.986. The molecule has 1 aromatic rings. The van der Waals surface area contributed by atoms with Crippen LogP contribution in [-0.4, -0.2) is 19.5 Å². The second-order valence-corrected chi connectivity index (χ2v) is 2.86. The van der Waals surface area contributed by atoms with Crippen LogP contribution in [-0.2, 0) is 6.54 Å². The Hall–Kier alpha value is -1.52. The van der Waals surface area contributed by atoms with Gasteiger partial charge in [0.05, 0.1) is 13.7 Å². The quantitative estimate of drug-likeness (QED) is 0.713. The molecule has 82 valence electrons. The lowest BCUT2D eigenvalue weighted by atomic mass is 10.2. The van der Waals surface area contributed by atoms with E-state index in [1.54, 1.807) is 24.3 Å². The summed E-state index contributed by atoms with van der Waals surface area (Å²) in [6, 6.07) is 6.70. The van der Waals surface area contributed by atoms with Crippen molar-refractivity contribution < 1.29 is 17.9 Å². The lowest BCUT2D eigenvalue weighted by molar-refractivity contribution is -0.0537. The van der Waals surface area contributed by atoms with Crippen LogP contribution in [0.5, 0.6) is 5.75 Å². The Morgan fingerprint density at radius 3 is 2.33 bits per heavy atom. The molecule has 0 spiro atoms. The molecule has 0 bridgehead atoms. The molecule has 2 nitrogen and oxygen atoms in total. The Balaban J connectivity index is 2.55. The van der Waals surface area contributed by atoms with Gasteiger partial charge >= 0.3 is 6.18 Å². The van der Waals surface area contributed by atoms with Gasteiger partial charge in [0.1, 0.15) is 12.0 Å². The molecule has 0 radical (unpaired) electrons. The van der Waals surface area contributed by atoms with Crippen molar-refractivity contribution in [1.82, 2.24) is 0 Å². The molecular formula is C10H10F3NO. The molecular weight excluding hydrogens is 207 g/mol. The SMILES string of the molecule is COc1ccc(C/N=C/C(F)(F)F)cc1. The molecule has 0 aromatic heterocycles. The van der Waals surface area contributed by atoms with Gasteiger partial charge in [0.2, 0.25) is 0 Å². The van der Waals surface area contributed by atoms with Gasteiger partial charge in [-0.05, 0) is 17.7 Å². The second-order valence-electron chi connectivity index (χ2n) is 2.86. The van der Waals surface area contributed by atoms with Gasteiger partial charge < -0.3 is 4.74 Å². The molecule has 1 aromatic carbocycles. The third-order valence-electron chi connectivity index (χ3n) is 1.67. The number of benzene rings is 1. The van der Waals surface area contributed by atoms with Crippen LogP contribution in [0.2, 0.25) is 0 Å². The first-order valence-corrected chi connectivity index (χ1v) is 4.22. The Morgan fingerprint density at radius 1 is 1.27 bits per heavy atom. The normalized spacial score (nSPS) is 12.0. The molecule has 0 amide bonds. The van der Waals surface area contributed by atoms with Crippen molar-refractivity contribution in [2.45, 2.75) is 12.7 Å². The van der Waals surface area contributed by atoms with Crippen LogP contribution in [0.15, 0.2) is 29.3 Å². The largest absolute Gasteiger partial charge is 0.497 e. The van der Waals surface area contributed by atoms with E-state index in [9.17, 15) is 13.2 Å². The van der Waals surface area contributed by atoms with Gasteiger partial charge in [-0.15, -0.1) is 0 Å². The fourth-order valence-electron chi connectivity index (χ4n) is 0.986. The van der Waals surface area contributed by atoms with Crippen LogP contribution >= 0.6 is 0 Å². The number of rotatable bonds is 3. The summed E-state index contributed by atoms with van der Waals surface area (Å²) in [6.45, 7) is 0.0174. The highest BCUT2D eigenvalue weighted by molar-refractivity contribution is 5.63. The van der Waals surface area contributed by atoms with Gasteiger partial charge in [-0.2, -0.15) is 13.2 Å². The molecule has 0 atom stereocenters. The number of methoxy groups -OCH3 is 1. The van der Waals surface area contributed by atoms with Gasteiger partial charge in [0.15, 0.2) is 0 Å². The van der Waals surface area contributed by atoms with Gasteiger partial charge in [-0.1, -0.05) is 12.1 Å². The minimum Gasteiger partial charge on any atom is -0.497 e. The average Bonchev–Trinajstić information content (AvgIpc) is 2.17. The van der Waals surface area contributed by atoms with Crippen LogP contribution < -0.4 is 4.74 Å². The molecule has 0 aliphatic carbocycles. The minimum absolute atomic E-state index is 0.00275. The zero-order valence-corrected chi connectivity index (χ0v) is 8.08. The Labute approximate surface area is 85.4 Å². The summed E-state index contributed by atoms with van der Waals surface area (Å²) in [6.07, 6.45) is -4.34. The van der Waals surface area contributed by atoms with E-state index in [0.29, 0.717) is 11.3 Å². The van der Waals surface area contributed by atoms with E-state index in [2.05, 4.69) is 4.99 Å². The van der Waals surface area contributed by atoms with E-state index in [0.717, 1.165) is 0 Å². The Bertz CT molecular complexity index is 330. The summed E-state index contributed by atoms with van der Waals surface area (Å²) in [5.74, 6) is 0.665. The molecule has 0 unspecified atom stereocenters. The molecule has 0 saturated heterocycles. The number of halogens is 3. The maximum atomic E-state index is 11.7. The van der Waals surface area contributed by atoms with Crippen molar-refractivity contribution in [1.29, 1.82) is 0 Å². The molecule has 15 heavy (non-hydrogen) atoms. The first-order chi connectivity index (χ1) is 7.01. The van der Waals surface area contributed by atoms with Crippen molar-refractivity contribution in [3.8, 4) is 5.75 Å². The van der Waals surface area contributed by atoms with Crippen molar-refractivity contribution in [2.75, 3.05) is 7.11 Å². The Kier molecular flexibility index (Phi) is 3.71. The molecule has 1 rings (SSSR count). The van der Waals surface area contributed by atoms with Gasteiger partial charge in [0.25, 0.3) is 0 Å². The highest BCUT2D eigenvalue weighted by atomic mass is 19.4. The summed E-state index contributed by atoms with van der Waals surface area (Å²) in [5, 5.41) is 0. The van der Waals surface area contributed by atoms with Crippen molar-refractivity contribution in [3.05, 3.63) is 29.8 Å². The topological polar surface area (TPSA) is 21.6 Å². The number of nitrogens with zero attached hydrogens (tertiary/aromatic N) is 1. The Morgan fingerprint density at radius 2 is 1.87 bits per heavy atom. The van der Waals surface area contributed by atoms with Gasteiger partial charge in [-0.25, -0.2) is 0 Å². The molecule has 0 aliphatic heterocycles. The van der Waals surface area contributed by atoms with E-state index in [4.69, 9.17) is 4.74 Å². The number of aliphatic imine (C=N–C) groups is 1. The lowest BCUT2D eigenvalue weighted by Gasteiger charge is -2.01. The number of alkyl halides is 3. The third-order valence-corrected chi connectivity index (χ3v) is 1.67. The summed E-state index contributed by atoms with van der Waals surface area (Å²) in [5.41, 5.74) is 0.705. The molecule has 0 aliphatic rings. The van der Waals surface area contributed by atoms with Crippen LogP contribution in [0.4, 0.5) is 13.2 Å². The maximum absolute atomic E-state index is 11.7. The monoisotopic (exact) mass is 217 g/mol. The molecule has 0 saturated carbocycles. The summed E-state index contributed by atoms with van der Waals surface area (Å²) < 4.78 is 40.0. The van der Waals surface area contributed by atoms with Crippen LogP contribution in [0.1, 0.15) is 5.56 Å². The third kappa shape index (κ3) is 4.49. The highest BCUT2D eigenvalue weighted by Crippen LogP contribution is 2.13. The van der Waals surface area contributed by atoms with Crippen LogP contribution in [0, 0.1) is 0 Å². The van der Waals surface area contributed by atoms with E-state index >= 15 is 0 Å². The first-order valence-electron chi connectivity index (χ1n) is 4.22. The van der Waals surface area contributed by atoms with Crippen LogP contribution in [0.3, 0.4) is 0 Å². The summed E-state index contributed by atoms with van der Waals surface area (Å²) in [4.78, 5) is 3.28. The number of hydrogen-bond donors (Lipinski definition) is 0. The van der Waals surface area contributed by atoms with E-state index in [1.807, 2.05) is 0 Å². The van der Waals surface area contributed by atoms with E-state index in [-0.39, 0.29) is 12.8 Å². The number of ether oxygens (including phenoxy) is 1. The van der Waals surface area contributed by atoms with Crippen LogP contribution in [0.25, 0.3) is 0 Å². The number of hydrogen-bond acceptors (Lipinski definition) is 2. The van der Waals surface area contributed by atoms with E-state index in [1.165, 1.54) is 7.11 Å². The highest BCUT2D eigenvalue weighted by Gasteiger charge is 2.23. The maximum Gasteiger partial charge on any atom is 0.426 e. The molecule has 0 N–H and O–H groups in total. The first kappa shape index (κ1) is 11.6. The fraction of sp³-hybridized carbons (Fsp3) is 0.300. The van der Waals surface area contributed by atoms with Crippen molar-refractivity contribution >= 4 is 6.21 Å². The summed E-state index contributed by atoms with van der Waals surface area (Å²) >= 11 is 0. The summed E-state index contributed by atoms with van der Waals surface area (Å²) in [7, 11) is 1.52. The van der Waals surface area contributed by atoms with Crippen molar-refractivity contribution in [2.24, 2.45) is 4.99 Å². The molecule has 0 heterocycles. The lowest BCUT2D eigenvalue weighted by Crippen LogP contribution is -2.08. The van der Waals surface area contributed by atoms with Gasteiger partial charge in [-0.3, -0.25) is 4.99 Å². The minimum atomic E-state index is -4.34.